The topological polar surface area (TPSA) is 63.1 Å². The number of aliphatic hydroxyl groups excluding tert-OH is 1. The first kappa shape index (κ1) is 66.1. The van der Waals surface area contributed by atoms with Crippen LogP contribution in [-0.4, -0.2) is 20.9 Å². The monoisotopic (exact) mass is 1290 g/mol. The second-order valence-electron chi connectivity index (χ2n) is 27.8. The summed E-state index contributed by atoms with van der Waals surface area (Å²) in [6.45, 7) is 40.3. The molecule has 0 spiro atoms. The van der Waals surface area contributed by atoms with E-state index >= 15 is 0 Å². The maximum Gasteiger partial charge on any atom is 0.162 e. The van der Waals surface area contributed by atoms with Crippen molar-refractivity contribution in [3.63, 3.8) is 0 Å². The predicted octanol–water partition coefficient (Wildman–Crippen LogP) is 22.0. The summed E-state index contributed by atoms with van der Waals surface area (Å²) in [5, 5.41) is 13.6. The van der Waals surface area contributed by atoms with Crippen molar-refractivity contribution in [2.75, 3.05) is 0 Å². The Labute approximate surface area is 514 Å². The largest absolute Gasteiger partial charge is 0.512 e. The Morgan fingerprint density at radius 2 is 1.20 bits per heavy atom. The van der Waals surface area contributed by atoms with Crippen molar-refractivity contribution in [1.82, 2.24) is 9.97 Å². The molecule has 0 aliphatic heterocycles. The fraction of sp³-hybridized carbons (Fsp3) is 0.423. The molecule has 2 aromatic heterocycles. The van der Waals surface area contributed by atoms with Gasteiger partial charge in [0.25, 0.3) is 0 Å². The number of ketones is 1. The number of carbonyl (C=O) groups excluding carboxylic acids is 1. The van der Waals surface area contributed by atoms with Gasteiger partial charge in [-0.2, -0.15) is 0 Å². The van der Waals surface area contributed by atoms with Crippen LogP contribution in [0.25, 0.3) is 66.4 Å². The van der Waals surface area contributed by atoms with Crippen LogP contribution in [0.1, 0.15) is 187 Å². The molecule has 5 heteroatoms. The molecule has 0 saturated heterocycles. The van der Waals surface area contributed by atoms with Gasteiger partial charge < -0.3 is 10.1 Å². The van der Waals surface area contributed by atoms with Gasteiger partial charge in [0, 0.05) is 55.3 Å². The van der Waals surface area contributed by atoms with Crippen LogP contribution < -0.4 is 0 Å². The van der Waals surface area contributed by atoms with Gasteiger partial charge in [0.1, 0.15) is 0 Å². The molecule has 441 valence electrons. The third-order valence-electron chi connectivity index (χ3n) is 16.6. The van der Waals surface area contributed by atoms with Gasteiger partial charge >= 0.3 is 0 Å². The van der Waals surface area contributed by atoms with Crippen molar-refractivity contribution in [3.8, 4) is 44.8 Å². The number of allylic oxidation sites excluding steroid dienone is 2. The number of benzene rings is 6. The van der Waals surface area contributed by atoms with Gasteiger partial charge in [-0.15, -0.1) is 64.0 Å². The molecule has 4 nitrogen and oxygen atoms in total. The number of carbonyl (C=O) groups is 1. The van der Waals surface area contributed by atoms with E-state index in [1.807, 2.05) is 33.9 Å². The molecule has 83 heavy (non-hydrogen) atoms. The molecule has 2 heterocycles. The number of aliphatic hydroxyl groups is 1. The van der Waals surface area contributed by atoms with E-state index in [1.54, 1.807) is 0 Å². The van der Waals surface area contributed by atoms with E-state index in [0.29, 0.717) is 22.2 Å². The first-order valence-electron chi connectivity index (χ1n) is 30.6. The quantitative estimate of drug-likeness (QED) is 0.0710. The maximum absolute atomic E-state index is 11.7. The van der Waals surface area contributed by atoms with Crippen LogP contribution in [0.3, 0.4) is 0 Å². The van der Waals surface area contributed by atoms with Crippen molar-refractivity contribution in [1.29, 1.82) is 0 Å². The van der Waals surface area contributed by atoms with Crippen LogP contribution in [0.15, 0.2) is 139 Å². The third-order valence-corrected chi connectivity index (χ3v) is 16.6. The number of rotatable bonds is 13. The van der Waals surface area contributed by atoms with Crippen LogP contribution in [-0.2, 0) is 36.7 Å². The molecule has 1 N–H and O–H groups in total. The first-order valence-corrected chi connectivity index (χ1v) is 30.6. The van der Waals surface area contributed by atoms with Gasteiger partial charge in [-0.25, -0.2) is 0 Å². The van der Waals surface area contributed by atoms with E-state index < -0.39 is 0 Å². The predicted molar refractivity (Wildman–Crippen MR) is 352 cm³/mol. The number of hydrogen-bond acceptors (Lipinski definition) is 4. The number of aromatic nitrogens is 2. The molecule has 1 aliphatic carbocycles. The molecule has 8 aromatic rings. The minimum absolute atomic E-state index is 0. The summed E-state index contributed by atoms with van der Waals surface area (Å²) < 4.78 is 0. The van der Waals surface area contributed by atoms with Gasteiger partial charge in [0.05, 0.1) is 11.3 Å². The summed E-state index contributed by atoms with van der Waals surface area (Å²) in [7, 11) is 0. The number of aryl methyl sites for hydroxylation is 4. The molecular weight excluding hydrogens is 1190 g/mol. The molecule has 0 amide bonds. The van der Waals surface area contributed by atoms with Crippen molar-refractivity contribution in [2.24, 2.45) is 28.1 Å². The molecule has 6 aromatic carbocycles. The fourth-order valence-corrected chi connectivity index (χ4v) is 13.2. The standard InChI is InChI=1S/C35H42N.C30H30N.C13H24O2.Ir/c1-22-14-23(2)32-28(26-19-34(6,7)21-35(8,9)20-26)18-30(36-31(32)15-22)25-16-24-12-10-11-13-27(24)29(17-25)33(3,4)5;1-21-16-22(2)18-28(17-21)29-19-27(14-15-31-29)26-12-10-25(11-13-26)24-8-6-23(7-9-24)20-30(3,4)5;1-5-10(6-2)12(14)9-13(15)11(7-3)8-4;/h10-15,17-18,26H,19-21H2,1-9H3;6-17,19H,20H2,1-5H3;9-11,14H,5-8H2,1-4H3;/q2*-1;;/b;;12-9-;. The Bertz CT molecular complexity index is 3470. The molecule has 1 aliphatic rings. The van der Waals surface area contributed by atoms with Crippen LogP contribution in [0.5, 0.6) is 0 Å². The molecular formula is C78H96IrN2O2-2. The average Bonchev–Trinajstić information content (AvgIpc) is 2.15. The summed E-state index contributed by atoms with van der Waals surface area (Å²) in [4.78, 5) is 21.6. The molecule has 1 saturated carbocycles. The number of fused-ring (bicyclic) bond motifs is 2. The van der Waals surface area contributed by atoms with Gasteiger partial charge in [-0.05, 0) is 155 Å². The van der Waals surface area contributed by atoms with Gasteiger partial charge in [-0.3, -0.25) is 9.78 Å². The minimum Gasteiger partial charge on any atom is -0.512 e. The first-order chi connectivity index (χ1) is 38.6. The summed E-state index contributed by atoms with van der Waals surface area (Å²) in [6.07, 6.45) is 11.6. The van der Waals surface area contributed by atoms with Crippen LogP contribution in [0.4, 0.5) is 0 Å². The second-order valence-corrected chi connectivity index (χ2v) is 27.8. The van der Waals surface area contributed by atoms with Crippen LogP contribution in [0.2, 0.25) is 0 Å². The van der Waals surface area contributed by atoms with Gasteiger partial charge in [0.2, 0.25) is 0 Å². The van der Waals surface area contributed by atoms with Crippen molar-refractivity contribution < 1.29 is 30.0 Å². The Morgan fingerprint density at radius 1 is 0.651 bits per heavy atom. The summed E-state index contributed by atoms with van der Waals surface area (Å²) in [5.41, 5.74) is 20.4. The summed E-state index contributed by atoms with van der Waals surface area (Å²) in [5.74, 6) is 1.07. The minimum atomic E-state index is 0. The van der Waals surface area contributed by atoms with E-state index in [1.165, 1.54) is 97.1 Å². The maximum atomic E-state index is 11.7. The average molecular weight is 1290 g/mol. The fourth-order valence-electron chi connectivity index (χ4n) is 13.2. The molecule has 0 unspecified atom stereocenters. The number of hydrogen-bond donors (Lipinski definition) is 1. The van der Waals surface area contributed by atoms with E-state index in [0.717, 1.165) is 65.7 Å². The van der Waals surface area contributed by atoms with E-state index in [-0.39, 0.29) is 48.9 Å². The van der Waals surface area contributed by atoms with Gasteiger partial charge in [-0.1, -0.05) is 207 Å². The van der Waals surface area contributed by atoms with Crippen molar-refractivity contribution in [2.45, 2.75) is 187 Å². The number of nitrogens with zero attached hydrogens (tertiary/aromatic N) is 2. The molecule has 1 fully saturated rings. The van der Waals surface area contributed by atoms with Crippen LogP contribution >= 0.6 is 0 Å². The Hall–Kier alpha value is -6.00. The smallest absolute Gasteiger partial charge is 0.162 e. The van der Waals surface area contributed by atoms with E-state index in [9.17, 15) is 9.90 Å². The Kier molecular flexibility index (Phi) is 22.2. The van der Waals surface area contributed by atoms with Gasteiger partial charge in [0.15, 0.2) is 5.78 Å². The second kappa shape index (κ2) is 27.8. The van der Waals surface area contributed by atoms with Crippen LogP contribution in [0, 0.1) is 67.9 Å². The molecule has 9 rings (SSSR count). The number of pyridine rings is 2. The summed E-state index contributed by atoms with van der Waals surface area (Å²) >= 11 is 0. The molecule has 1 radical (unpaired) electrons. The summed E-state index contributed by atoms with van der Waals surface area (Å²) in [6, 6.07) is 51.5. The molecule has 0 atom stereocenters. The Balaban J connectivity index is 0.000000215. The zero-order valence-corrected chi connectivity index (χ0v) is 56.1. The Morgan fingerprint density at radius 3 is 1.77 bits per heavy atom. The third kappa shape index (κ3) is 17.5. The van der Waals surface area contributed by atoms with E-state index in [2.05, 4.69) is 235 Å². The van der Waals surface area contributed by atoms with E-state index in [4.69, 9.17) is 4.98 Å². The molecule has 0 bridgehead atoms. The zero-order valence-electron chi connectivity index (χ0n) is 53.7. The zero-order chi connectivity index (χ0) is 59.9. The van der Waals surface area contributed by atoms with Crippen molar-refractivity contribution >= 4 is 27.5 Å². The normalized spacial score (nSPS) is 14.4. The SMILES string of the molecule is CCC(CC)C(=O)/C=C(\O)C(CC)CC.Cc1[c-]c(-c2cc(-c3ccc(-c4ccc(CC(C)(C)C)cc4)cc3)ccn2)cc(C)c1.Cc1cc(C)c2c(C3CC(C)(C)CC(C)(C)C3)cc(-c3[c-]c4ccccc4c(C(C)(C)C)c3)nc2c1.[Ir]. The van der Waals surface area contributed by atoms with Crippen molar-refractivity contribution in [3.05, 3.63) is 190 Å².